The molecule has 0 unspecified atom stereocenters. The van der Waals surface area contributed by atoms with Gasteiger partial charge >= 0.3 is 0 Å². The van der Waals surface area contributed by atoms with E-state index in [9.17, 15) is 4.39 Å². The Hall–Kier alpha value is -1.26. The summed E-state index contributed by atoms with van der Waals surface area (Å²) in [6, 6.07) is 6.69. The summed E-state index contributed by atoms with van der Waals surface area (Å²) in [5.41, 5.74) is 1.97. The first-order valence-corrected chi connectivity index (χ1v) is 7.83. The van der Waals surface area contributed by atoms with Crippen molar-refractivity contribution in [3.05, 3.63) is 51.7 Å². The number of benzene rings is 1. The summed E-state index contributed by atoms with van der Waals surface area (Å²) in [5.74, 6) is -0.201. The highest BCUT2D eigenvalue weighted by Crippen LogP contribution is 2.33. The first kappa shape index (κ1) is 15.1. The van der Waals surface area contributed by atoms with Crippen molar-refractivity contribution in [3.8, 4) is 0 Å². The van der Waals surface area contributed by atoms with Gasteiger partial charge in [-0.2, -0.15) is 0 Å². The maximum Gasteiger partial charge on any atom is 0.123 e. The van der Waals surface area contributed by atoms with Gasteiger partial charge in [0.15, 0.2) is 0 Å². The molecule has 4 heteroatoms. The average molecular weight is 292 g/mol. The van der Waals surface area contributed by atoms with Crippen LogP contribution >= 0.6 is 11.3 Å². The fraction of sp³-hybridized carbons (Fsp3) is 0.438. The van der Waals surface area contributed by atoms with Crippen molar-refractivity contribution in [1.82, 2.24) is 10.3 Å². The second-order valence-electron chi connectivity index (χ2n) is 5.45. The van der Waals surface area contributed by atoms with Gasteiger partial charge in [0.25, 0.3) is 0 Å². The van der Waals surface area contributed by atoms with Crippen LogP contribution in [0.3, 0.4) is 0 Å². The molecule has 1 N–H and O–H groups in total. The van der Waals surface area contributed by atoms with Crippen LogP contribution in [0.15, 0.2) is 29.6 Å². The highest BCUT2D eigenvalue weighted by Gasteiger charge is 2.26. The Morgan fingerprint density at radius 1 is 1.25 bits per heavy atom. The molecule has 0 radical (unpaired) electrons. The van der Waals surface area contributed by atoms with Crippen molar-refractivity contribution in [2.24, 2.45) is 0 Å². The summed E-state index contributed by atoms with van der Waals surface area (Å²) >= 11 is 1.67. The molecule has 0 spiro atoms. The Bertz CT molecular complexity index is 546. The van der Waals surface area contributed by atoms with Crippen LogP contribution in [-0.2, 0) is 12.0 Å². The van der Waals surface area contributed by atoms with Crippen LogP contribution in [0.5, 0.6) is 0 Å². The third kappa shape index (κ3) is 3.44. The standard InChI is InChI=1S/C16H21FN2S/c1-4-9-18-10-14-11-20-15(19-14)16(2,3)12-5-7-13(17)8-6-12/h5-8,11,18H,4,9-10H2,1-3H3. The molecule has 0 aliphatic carbocycles. The van der Waals surface area contributed by atoms with E-state index in [1.165, 1.54) is 12.1 Å². The summed E-state index contributed by atoms with van der Waals surface area (Å²) in [4.78, 5) is 4.71. The van der Waals surface area contributed by atoms with Crippen molar-refractivity contribution in [3.63, 3.8) is 0 Å². The van der Waals surface area contributed by atoms with Gasteiger partial charge in [0.2, 0.25) is 0 Å². The lowest BCUT2D eigenvalue weighted by molar-refractivity contribution is 0.607. The number of nitrogens with one attached hydrogen (secondary N) is 1. The van der Waals surface area contributed by atoms with E-state index in [0.717, 1.165) is 35.8 Å². The van der Waals surface area contributed by atoms with Crippen LogP contribution in [0.25, 0.3) is 0 Å². The van der Waals surface area contributed by atoms with Crippen LogP contribution in [0.4, 0.5) is 4.39 Å². The summed E-state index contributed by atoms with van der Waals surface area (Å²) in [7, 11) is 0. The molecule has 2 rings (SSSR count). The highest BCUT2D eigenvalue weighted by atomic mass is 32.1. The average Bonchev–Trinajstić information content (AvgIpc) is 2.89. The van der Waals surface area contributed by atoms with Crippen LogP contribution in [0.1, 0.15) is 43.5 Å². The van der Waals surface area contributed by atoms with Gasteiger partial charge in [-0.3, -0.25) is 0 Å². The summed E-state index contributed by atoms with van der Waals surface area (Å²) in [6.45, 7) is 8.22. The zero-order valence-electron chi connectivity index (χ0n) is 12.2. The minimum absolute atomic E-state index is 0.193. The summed E-state index contributed by atoms with van der Waals surface area (Å²) < 4.78 is 13.0. The molecule has 0 saturated heterocycles. The molecular weight excluding hydrogens is 271 g/mol. The molecule has 2 aromatic rings. The molecule has 2 nitrogen and oxygen atoms in total. The zero-order valence-corrected chi connectivity index (χ0v) is 13.1. The normalized spacial score (nSPS) is 11.8. The van der Waals surface area contributed by atoms with Gasteiger partial charge in [-0.05, 0) is 44.5 Å². The number of thiazole rings is 1. The number of rotatable bonds is 6. The van der Waals surface area contributed by atoms with Gasteiger partial charge in [0, 0.05) is 17.3 Å². The first-order chi connectivity index (χ1) is 9.54. The number of nitrogens with zero attached hydrogens (tertiary/aromatic N) is 1. The molecule has 0 bridgehead atoms. The molecule has 0 aliphatic heterocycles. The third-order valence-electron chi connectivity index (χ3n) is 3.39. The molecule has 1 aromatic heterocycles. The molecular formula is C16H21FN2S. The smallest absolute Gasteiger partial charge is 0.123 e. The molecule has 1 aromatic carbocycles. The van der Waals surface area contributed by atoms with Crippen LogP contribution in [0, 0.1) is 5.82 Å². The van der Waals surface area contributed by atoms with Crippen molar-refractivity contribution in [1.29, 1.82) is 0 Å². The van der Waals surface area contributed by atoms with Crippen LogP contribution < -0.4 is 5.32 Å². The summed E-state index contributed by atoms with van der Waals surface area (Å²) in [6.07, 6.45) is 1.12. The minimum atomic E-state index is -0.201. The Balaban J connectivity index is 2.15. The molecule has 0 amide bonds. The van der Waals surface area contributed by atoms with Gasteiger partial charge in [0.1, 0.15) is 10.8 Å². The monoisotopic (exact) mass is 292 g/mol. The van der Waals surface area contributed by atoms with E-state index in [1.54, 1.807) is 11.3 Å². The number of halogens is 1. The van der Waals surface area contributed by atoms with Crippen molar-refractivity contribution in [2.75, 3.05) is 6.54 Å². The Kier molecular flexibility index (Phi) is 4.89. The van der Waals surface area contributed by atoms with E-state index in [4.69, 9.17) is 4.98 Å². The second-order valence-corrected chi connectivity index (χ2v) is 6.31. The topological polar surface area (TPSA) is 24.9 Å². The number of hydrogen-bond acceptors (Lipinski definition) is 3. The van der Waals surface area contributed by atoms with Gasteiger partial charge < -0.3 is 5.32 Å². The number of aromatic nitrogens is 1. The largest absolute Gasteiger partial charge is 0.311 e. The van der Waals surface area contributed by atoms with Crippen molar-refractivity contribution < 1.29 is 4.39 Å². The second kappa shape index (κ2) is 6.46. The van der Waals surface area contributed by atoms with E-state index in [-0.39, 0.29) is 11.2 Å². The van der Waals surface area contributed by atoms with E-state index in [1.807, 2.05) is 12.1 Å². The Morgan fingerprint density at radius 2 is 1.95 bits per heavy atom. The predicted octanol–water partition coefficient (Wildman–Crippen LogP) is 4.11. The molecule has 0 aliphatic rings. The minimum Gasteiger partial charge on any atom is -0.311 e. The van der Waals surface area contributed by atoms with Gasteiger partial charge in [0.05, 0.1) is 5.69 Å². The van der Waals surface area contributed by atoms with Crippen molar-refractivity contribution >= 4 is 11.3 Å². The van der Waals surface area contributed by atoms with Gasteiger partial charge in [-0.1, -0.05) is 19.1 Å². The maximum absolute atomic E-state index is 13.0. The molecule has 0 atom stereocenters. The van der Waals surface area contributed by atoms with E-state index >= 15 is 0 Å². The molecule has 108 valence electrons. The lowest BCUT2D eigenvalue weighted by Crippen LogP contribution is -2.19. The molecule has 1 heterocycles. The zero-order chi connectivity index (χ0) is 14.6. The Morgan fingerprint density at radius 3 is 2.60 bits per heavy atom. The fourth-order valence-electron chi connectivity index (χ4n) is 2.06. The lowest BCUT2D eigenvalue weighted by atomic mass is 9.85. The van der Waals surface area contributed by atoms with Gasteiger partial charge in [-0.25, -0.2) is 9.37 Å². The Labute approximate surface area is 124 Å². The summed E-state index contributed by atoms with van der Waals surface area (Å²) in [5, 5.41) is 6.53. The lowest BCUT2D eigenvalue weighted by Gasteiger charge is -2.22. The van der Waals surface area contributed by atoms with E-state index in [0.29, 0.717) is 0 Å². The van der Waals surface area contributed by atoms with Crippen LogP contribution in [-0.4, -0.2) is 11.5 Å². The van der Waals surface area contributed by atoms with Crippen molar-refractivity contribution in [2.45, 2.75) is 39.2 Å². The van der Waals surface area contributed by atoms with E-state index in [2.05, 4.69) is 31.5 Å². The predicted molar refractivity (Wildman–Crippen MR) is 82.6 cm³/mol. The SMILES string of the molecule is CCCNCc1csc(C(C)(C)c2ccc(F)cc2)n1. The van der Waals surface area contributed by atoms with E-state index < -0.39 is 0 Å². The molecule has 0 saturated carbocycles. The maximum atomic E-state index is 13.0. The quantitative estimate of drug-likeness (QED) is 0.811. The highest BCUT2D eigenvalue weighted by molar-refractivity contribution is 7.09. The molecule has 0 fully saturated rings. The fourth-order valence-corrected chi connectivity index (χ4v) is 3.02. The van der Waals surface area contributed by atoms with Gasteiger partial charge in [-0.15, -0.1) is 11.3 Å². The third-order valence-corrected chi connectivity index (χ3v) is 4.60. The number of hydrogen-bond donors (Lipinski definition) is 1. The molecule has 20 heavy (non-hydrogen) atoms. The first-order valence-electron chi connectivity index (χ1n) is 6.95. The van der Waals surface area contributed by atoms with Crippen LogP contribution in [0.2, 0.25) is 0 Å².